The van der Waals surface area contributed by atoms with Crippen LogP contribution in [0.4, 0.5) is 4.79 Å². The van der Waals surface area contributed by atoms with Gasteiger partial charge < -0.3 is 14.9 Å². The first-order valence-corrected chi connectivity index (χ1v) is 5.28. The zero-order valence-corrected chi connectivity index (χ0v) is 8.70. The highest BCUT2D eigenvalue weighted by Crippen LogP contribution is 2.39. The van der Waals surface area contributed by atoms with Crippen molar-refractivity contribution in [1.82, 2.24) is 9.80 Å². The van der Waals surface area contributed by atoms with Gasteiger partial charge in [0.25, 0.3) is 0 Å². The van der Waals surface area contributed by atoms with Crippen LogP contribution in [0.2, 0.25) is 0 Å². The molecule has 4 heteroatoms. The fraction of sp³-hybridized carbons (Fsp3) is 0.900. The number of piperidine rings is 1. The topological polar surface area (TPSA) is 43.8 Å². The summed E-state index contributed by atoms with van der Waals surface area (Å²) in [5.74, 6) is 0. The van der Waals surface area contributed by atoms with E-state index in [2.05, 4.69) is 11.9 Å². The maximum atomic E-state index is 10.7. The van der Waals surface area contributed by atoms with Gasteiger partial charge in [0.05, 0.1) is 0 Å². The number of likely N-dealkylation sites (tertiary alicyclic amines) is 2. The Morgan fingerprint density at radius 1 is 1.21 bits per heavy atom. The monoisotopic (exact) mass is 198 g/mol. The van der Waals surface area contributed by atoms with Crippen LogP contribution in [0, 0.1) is 5.41 Å². The van der Waals surface area contributed by atoms with E-state index in [9.17, 15) is 4.79 Å². The van der Waals surface area contributed by atoms with Gasteiger partial charge in [-0.2, -0.15) is 0 Å². The highest BCUT2D eigenvalue weighted by molar-refractivity contribution is 5.65. The van der Waals surface area contributed by atoms with E-state index < -0.39 is 6.09 Å². The lowest BCUT2D eigenvalue weighted by atomic mass is 9.78. The molecule has 2 aliphatic rings. The molecule has 0 radical (unpaired) electrons. The first kappa shape index (κ1) is 9.77. The molecule has 0 unspecified atom stereocenters. The Morgan fingerprint density at radius 2 is 1.79 bits per heavy atom. The van der Waals surface area contributed by atoms with E-state index in [0.717, 1.165) is 32.5 Å². The summed E-state index contributed by atoms with van der Waals surface area (Å²) in [6.07, 6.45) is 2.58. The quantitative estimate of drug-likeness (QED) is 0.633. The lowest BCUT2D eigenvalue weighted by molar-refractivity contribution is 0.0935. The van der Waals surface area contributed by atoms with Crippen molar-refractivity contribution in [2.75, 3.05) is 33.2 Å². The van der Waals surface area contributed by atoms with Crippen molar-refractivity contribution in [1.29, 1.82) is 0 Å². The first-order chi connectivity index (χ1) is 6.61. The minimum Gasteiger partial charge on any atom is -0.465 e. The fourth-order valence-corrected chi connectivity index (χ4v) is 2.74. The van der Waals surface area contributed by atoms with Gasteiger partial charge in [0.1, 0.15) is 0 Å². The molecule has 80 valence electrons. The summed E-state index contributed by atoms with van der Waals surface area (Å²) in [6, 6.07) is 0. The number of carbonyl (C=O) groups is 1. The molecule has 2 fully saturated rings. The Labute approximate surface area is 84.5 Å². The number of nitrogens with zero attached hydrogens (tertiary/aromatic N) is 2. The van der Waals surface area contributed by atoms with E-state index in [1.165, 1.54) is 13.0 Å². The van der Waals surface area contributed by atoms with Gasteiger partial charge in [-0.3, -0.25) is 0 Å². The van der Waals surface area contributed by atoms with E-state index in [4.69, 9.17) is 5.11 Å². The molecule has 0 aromatic rings. The third kappa shape index (κ3) is 1.71. The summed E-state index contributed by atoms with van der Waals surface area (Å²) < 4.78 is 0. The summed E-state index contributed by atoms with van der Waals surface area (Å²) >= 11 is 0. The molecule has 0 atom stereocenters. The fourth-order valence-electron chi connectivity index (χ4n) is 2.74. The molecule has 0 bridgehead atoms. The van der Waals surface area contributed by atoms with Crippen molar-refractivity contribution in [3.05, 3.63) is 0 Å². The highest BCUT2D eigenvalue weighted by Gasteiger charge is 2.40. The molecule has 2 saturated heterocycles. The molecule has 2 aliphatic heterocycles. The van der Waals surface area contributed by atoms with Crippen molar-refractivity contribution in [2.24, 2.45) is 5.41 Å². The molecule has 14 heavy (non-hydrogen) atoms. The molecule has 2 rings (SSSR count). The van der Waals surface area contributed by atoms with Gasteiger partial charge in [-0.05, 0) is 38.3 Å². The summed E-state index contributed by atoms with van der Waals surface area (Å²) in [4.78, 5) is 14.6. The third-order valence-electron chi connectivity index (χ3n) is 3.72. The van der Waals surface area contributed by atoms with Gasteiger partial charge in [0.2, 0.25) is 0 Å². The molecule has 0 saturated carbocycles. The first-order valence-electron chi connectivity index (χ1n) is 5.28. The molecule has 1 amide bonds. The second-order valence-corrected chi connectivity index (χ2v) is 4.76. The van der Waals surface area contributed by atoms with Gasteiger partial charge in [-0.25, -0.2) is 4.79 Å². The highest BCUT2D eigenvalue weighted by atomic mass is 16.4. The summed E-state index contributed by atoms with van der Waals surface area (Å²) in [7, 11) is 2.15. The number of hydrogen-bond donors (Lipinski definition) is 1. The standard InChI is InChI=1S/C10H18N2O2/c1-11-5-2-10(8-11)3-6-12(7-4-10)9(13)14/h2-8H2,1H3,(H,13,14). The number of amides is 1. The molecule has 1 N–H and O–H groups in total. The van der Waals surface area contributed by atoms with Crippen LogP contribution in [0.1, 0.15) is 19.3 Å². The second kappa shape index (κ2) is 3.42. The Morgan fingerprint density at radius 3 is 2.21 bits per heavy atom. The largest absolute Gasteiger partial charge is 0.465 e. The van der Waals surface area contributed by atoms with Gasteiger partial charge in [0.15, 0.2) is 0 Å². The van der Waals surface area contributed by atoms with E-state index in [1.54, 1.807) is 4.90 Å². The molecule has 4 nitrogen and oxygen atoms in total. The lowest BCUT2D eigenvalue weighted by Crippen LogP contribution is -2.43. The maximum absolute atomic E-state index is 10.7. The predicted octanol–water partition coefficient (Wildman–Crippen LogP) is 1.08. The minimum absolute atomic E-state index is 0.431. The van der Waals surface area contributed by atoms with Crippen molar-refractivity contribution in [3.63, 3.8) is 0 Å². The lowest BCUT2D eigenvalue weighted by Gasteiger charge is -2.37. The van der Waals surface area contributed by atoms with Crippen LogP contribution in [0.5, 0.6) is 0 Å². The Kier molecular flexibility index (Phi) is 2.39. The third-order valence-corrected chi connectivity index (χ3v) is 3.72. The SMILES string of the molecule is CN1CCC2(CCN(C(=O)O)CC2)C1. The molecule has 0 aromatic carbocycles. The van der Waals surface area contributed by atoms with Crippen molar-refractivity contribution in [2.45, 2.75) is 19.3 Å². The van der Waals surface area contributed by atoms with Crippen LogP contribution >= 0.6 is 0 Å². The normalized spacial score (nSPS) is 27.1. The molecule has 0 aromatic heterocycles. The molecule has 0 aliphatic carbocycles. The maximum Gasteiger partial charge on any atom is 0.407 e. The van der Waals surface area contributed by atoms with Gasteiger partial charge in [-0.15, -0.1) is 0 Å². The van der Waals surface area contributed by atoms with E-state index in [-0.39, 0.29) is 0 Å². The van der Waals surface area contributed by atoms with Crippen LogP contribution in [-0.4, -0.2) is 54.2 Å². The van der Waals surface area contributed by atoms with Crippen molar-refractivity contribution in [3.8, 4) is 0 Å². The zero-order valence-electron chi connectivity index (χ0n) is 8.70. The molecule has 2 heterocycles. The van der Waals surface area contributed by atoms with Gasteiger partial charge >= 0.3 is 6.09 Å². The van der Waals surface area contributed by atoms with E-state index in [0.29, 0.717) is 5.41 Å². The summed E-state index contributed by atoms with van der Waals surface area (Å²) in [5, 5.41) is 8.84. The van der Waals surface area contributed by atoms with Crippen LogP contribution < -0.4 is 0 Å². The molecular weight excluding hydrogens is 180 g/mol. The van der Waals surface area contributed by atoms with Crippen molar-refractivity contribution >= 4 is 6.09 Å². The second-order valence-electron chi connectivity index (χ2n) is 4.76. The molecular formula is C10H18N2O2. The average Bonchev–Trinajstić information content (AvgIpc) is 2.48. The van der Waals surface area contributed by atoms with Crippen LogP contribution in [0.15, 0.2) is 0 Å². The van der Waals surface area contributed by atoms with E-state index >= 15 is 0 Å². The van der Waals surface area contributed by atoms with Gasteiger partial charge in [-0.1, -0.05) is 0 Å². The number of carboxylic acid groups (broad SMARTS) is 1. The van der Waals surface area contributed by atoms with Crippen LogP contribution in [0.25, 0.3) is 0 Å². The Hall–Kier alpha value is -0.770. The summed E-state index contributed by atoms with van der Waals surface area (Å²) in [5.41, 5.74) is 0.431. The summed E-state index contributed by atoms with van der Waals surface area (Å²) in [6.45, 7) is 3.78. The minimum atomic E-state index is -0.758. The zero-order chi connectivity index (χ0) is 10.2. The number of rotatable bonds is 0. The van der Waals surface area contributed by atoms with Crippen LogP contribution in [-0.2, 0) is 0 Å². The van der Waals surface area contributed by atoms with E-state index in [1.807, 2.05) is 0 Å². The van der Waals surface area contributed by atoms with Crippen molar-refractivity contribution < 1.29 is 9.90 Å². The smallest absolute Gasteiger partial charge is 0.407 e. The Bertz CT molecular complexity index is 234. The predicted molar refractivity (Wildman–Crippen MR) is 53.4 cm³/mol. The number of hydrogen-bond acceptors (Lipinski definition) is 2. The molecule has 1 spiro atoms. The van der Waals surface area contributed by atoms with Gasteiger partial charge in [0, 0.05) is 19.6 Å². The average molecular weight is 198 g/mol. The van der Waals surface area contributed by atoms with Crippen LogP contribution in [0.3, 0.4) is 0 Å². The Balaban J connectivity index is 1.92.